The van der Waals surface area contributed by atoms with Crippen LogP contribution < -0.4 is 5.32 Å². The maximum Gasteiger partial charge on any atom is 0.231 e. The Bertz CT molecular complexity index is 1250. The van der Waals surface area contributed by atoms with Gasteiger partial charge in [0.1, 0.15) is 17.7 Å². The van der Waals surface area contributed by atoms with E-state index in [9.17, 15) is 9.18 Å². The number of carbonyl (C=O) groups excluding carboxylic acids is 1. The Labute approximate surface area is 190 Å². The lowest BCUT2D eigenvalue weighted by Crippen LogP contribution is -2.32. The summed E-state index contributed by atoms with van der Waals surface area (Å²) in [7, 11) is 1.84. The van der Waals surface area contributed by atoms with Crippen molar-refractivity contribution in [3.05, 3.63) is 95.6 Å². The normalized spacial score (nSPS) is 12.0. The van der Waals surface area contributed by atoms with Crippen LogP contribution in [0.2, 0.25) is 0 Å². The third-order valence-corrected chi connectivity index (χ3v) is 6.28. The molecule has 6 nitrogen and oxygen atoms in total. The first-order chi connectivity index (χ1) is 15.4. The lowest BCUT2D eigenvalue weighted by atomic mass is 10.1. The first-order valence-corrected chi connectivity index (χ1v) is 11.2. The summed E-state index contributed by atoms with van der Waals surface area (Å²) in [5.41, 5.74) is 4.05. The first kappa shape index (κ1) is 21.8. The van der Waals surface area contributed by atoms with E-state index in [0.717, 1.165) is 10.8 Å². The summed E-state index contributed by atoms with van der Waals surface area (Å²) in [5, 5.41) is 3.72. The number of benzene rings is 2. The molecule has 4 rings (SSSR count). The van der Waals surface area contributed by atoms with Crippen molar-refractivity contribution in [3.63, 3.8) is 0 Å². The van der Waals surface area contributed by atoms with Crippen LogP contribution in [0.4, 0.5) is 4.39 Å². The molecular formula is C24H24FN5OS. The van der Waals surface area contributed by atoms with E-state index >= 15 is 0 Å². The fraction of sp³-hybridized carbons (Fsp3) is 0.208. The summed E-state index contributed by atoms with van der Waals surface area (Å²) in [6.07, 6.45) is 7.05. The molecule has 2 aromatic heterocycles. The Kier molecular flexibility index (Phi) is 6.41. The molecule has 32 heavy (non-hydrogen) atoms. The third kappa shape index (κ3) is 4.75. The highest BCUT2D eigenvalue weighted by Crippen LogP contribution is 2.24. The highest BCUT2D eigenvalue weighted by atomic mass is 32.2. The van der Waals surface area contributed by atoms with Crippen molar-refractivity contribution < 1.29 is 9.18 Å². The van der Waals surface area contributed by atoms with Crippen LogP contribution in [0.25, 0.3) is 5.69 Å². The molecule has 0 aliphatic carbocycles. The Morgan fingerprint density at radius 2 is 1.91 bits per heavy atom. The minimum atomic E-state index is -0.557. The SMILES string of the molecule is Cc1ccc(-n2ccnc2SCC(=O)N[C@@H](c2cccc(F)c2)c2nccn2C)cc1C. The van der Waals surface area contributed by atoms with Crippen LogP contribution in [0.5, 0.6) is 0 Å². The second-order valence-electron chi connectivity index (χ2n) is 7.59. The molecule has 164 valence electrons. The summed E-state index contributed by atoms with van der Waals surface area (Å²) in [4.78, 5) is 21.6. The molecule has 8 heteroatoms. The Balaban J connectivity index is 1.50. The minimum absolute atomic E-state index is 0.165. The van der Waals surface area contributed by atoms with Crippen molar-refractivity contribution in [1.29, 1.82) is 0 Å². The second kappa shape index (κ2) is 9.40. The fourth-order valence-corrected chi connectivity index (χ4v) is 4.22. The number of rotatable bonds is 7. The average Bonchev–Trinajstić information content (AvgIpc) is 3.41. The summed E-state index contributed by atoms with van der Waals surface area (Å²) in [6, 6.07) is 11.9. The van der Waals surface area contributed by atoms with Crippen molar-refractivity contribution in [2.45, 2.75) is 25.0 Å². The molecule has 0 saturated heterocycles. The van der Waals surface area contributed by atoms with Gasteiger partial charge in [-0.25, -0.2) is 14.4 Å². The summed E-state index contributed by atoms with van der Waals surface area (Å²) < 4.78 is 17.6. The van der Waals surface area contributed by atoms with Crippen molar-refractivity contribution in [2.24, 2.45) is 7.05 Å². The zero-order valence-electron chi connectivity index (χ0n) is 18.1. The minimum Gasteiger partial charge on any atom is -0.341 e. The van der Waals surface area contributed by atoms with Crippen LogP contribution in [0.1, 0.15) is 28.6 Å². The third-order valence-electron chi connectivity index (χ3n) is 5.31. The van der Waals surface area contributed by atoms with Gasteiger partial charge in [-0.15, -0.1) is 0 Å². The first-order valence-electron chi connectivity index (χ1n) is 10.2. The van der Waals surface area contributed by atoms with Gasteiger partial charge in [0, 0.05) is 37.5 Å². The largest absolute Gasteiger partial charge is 0.341 e. The van der Waals surface area contributed by atoms with E-state index in [2.05, 4.69) is 41.3 Å². The predicted molar refractivity (Wildman–Crippen MR) is 123 cm³/mol. The molecule has 1 amide bonds. The van der Waals surface area contributed by atoms with Crippen LogP contribution in [0.3, 0.4) is 0 Å². The molecule has 0 spiro atoms. The molecule has 0 fully saturated rings. The van der Waals surface area contributed by atoms with Gasteiger partial charge in [-0.3, -0.25) is 9.36 Å². The van der Waals surface area contributed by atoms with Crippen molar-refractivity contribution in [3.8, 4) is 5.69 Å². The van der Waals surface area contributed by atoms with Crippen LogP contribution >= 0.6 is 11.8 Å². The molecule has 0 aliphatic rings. The Hall–Kier alpha value is -3.39. The number of carbonyl (C=O) groups is 1. The molecule has 0 unspecified atom stereocenters. The number of aryl methyl sites for hydroxylation is 3. The summed E-state index contributed by atoms with van der Waals surface area (Å²) >= 11 is 1.35. The number of hydrogen-bond donors (Lipinski definition) is 1. The smallest absolute Gasteiger partial charge is 0.231 e. The molecule has 1 N–H and O–H groups in total. The number of nitrogens with one attached hydrogen (secondary N) is 1. The maximum absolute atomic E-state index is 13.8. The van der Waals surface area contributed by atoms with Gasteiger partial charge < -0.3 is 9.88 Å². The number of hydrogen-bond acceptors (Lipinski definition) is 4. The number of imidazole rings is 2. The Morgan fingerprint density at radius 3 is 2.62 bits per heavy atom. The Morgan fingerprint density at radius 1 is 1.09 bits per heavy atom. The highest BCUT2D eigenvalue weighted by Gasteiger charge is 2.21. The predicted octanol–water partition coefficient (Wildman–Crippen LogP) is 4.36. The van der Waals surface area contributed by atoms with Gasteiger partial charge in [-0.2, -0.15) is 0 Å². The zero-order valence-corrected chi connectivity index (χ0v) is 18.9. The summed E-state index contributed by atoms with van der Waals surface area (Å²) in [5.74, 6) is 0.242. The lowest BCUT2D eigenvalue weighted by Gasteiger charge is -2.19. The van der Waals surface area contributed by atoms with Crippen LogP contribution in [-0.4, -0.2) is 30.8 Å². The van der Waals surface area contributed by atoms with Crippen molar-refractivity contribution in [2.75, 3.05) is 5.75 Å². The number of nitrogens with zero attached hydrogens (tertiary/aromatic N) is 4. The monoisotopic (exact) mass is 449 g/mol. The van der Waals surface area contributed by atoms with Crippen LogP contribution in [0.15, 0.2) is 72.4 Å². The molecule has 2 heterocycles. The van der Waals surface area contributed by atoms with Crippen molar-refractivity contribution >= 4 is 17.7 Å². The van der Waals surface area contributed by atoms with E-state index in [1.807, 2.05) is 28.4 Å². The molecular weight excluding hydrogens is 425 g/mol. The van der Waals surface area contributed by atoms with Gasteiger partial charge in [0.25, 0.3) is 0 Å². The molecule has 0 radical (unpaired) electrons. The van der Waals surface area contributed by atoms with E-state index in [0.29, 0.717) is 11.4 Å². The number of halogens is 1. The van der Waals surface area contributed by atoms with Crippen LogP contribution in [0, 0.1) is 19.7 Å². The highest BCUT2D eigenvalue weighted by molar-refractivity contribution is 7.99. The molecule has 0 saturated carbocycles. The lowest BCUT2D eigenvalue weighted by molar-refractivity contribution is -0.119. The molecule has 0 aliphatic heterocycles. The molecule has 2 aromatic carbocycles. The van der Waals surface area contributed by atoms with Gasteiger partial charge >= 0.3 is 0 Å². The standard InChI is InChI=1S/C24H24FN5OS/c1-16-7-8-20(13-17(16)2)30-12-10-27-24(30)32-15-21(31)28-22(23-26-9-11-29(23)3)18-5-4-6-19(25)14-18/h4-14,22H,15H2,1-3H3,(H,28,31)/t22-/m0/s1. The quantitative estimate of drug-likeness (QED) is 0.426. The van der Waals surface area contributed by atoms with Crippen molar-refractivity contribution in [1.82, 2.24) is 24.4 Å². The summed E-state index contributed by atoms with van der Waals surface area (Å²) in [6.45, 7) is 4.14. The topological polar surface area (TPSA) is 64.7 Å². The van der Waals surface area contributed by atoms with Gasteiger partial charge in [0.2, 0.25) is 5.91 Å². The van der Waals surface area contributed by atoms with Gasteiger partial charge in [0.15, 0.2) is 5.16 Å². The van der Waals surface area contributed by atoms with E-state index in [1.54, 1.807) is 30.7 Å². The average molecular weight is 450 g/mol. The van der Waals surface area contributed by atoms with E-state index in [1.165, 1.54) is 35.0 Å². The number of amides is 1. The molecule has 1 atom stereocenters. The van der Waals surface area contributed by atoms with Crippen LogP contribution in [-0.2, 0) is 11.8 Å². The number of thioether (sulfide) groups is 1. The van der Waals surface area contributed by atoms with E-state index in [4.69, 9.17) is 0 Å². The molecule has 4 aromatic rings. The van der Waals surface area contributed by atoms with Gasteiger partial charge in [0.05, 0.1) is 5.75 Å². The second-order valence-corrected chi connectivity index (χ2v) is 8.53. The maximum atomic E-state index is 13.8. The van der Waals surface area contributed by atoms with E-state index < -0.39 is 6.04 Å². The van der Waals surface area contributed by atoms with Gasteiger partial charge in [-0.1, -0.05) is 30.0 Å². The fourth-order valence-electron chi connectivity index (χ4n) is 3.44. The molecule has 0 bridgehead atoms. The zero-order chi connectivity index (χ0) is 22.7. The van der Waals surface area contributed by atoms with E-state index in [-0.39, 0.29) is 17.5 Å². The van der Waals surface area contributed by atoms with Gasteiger partial charge in [-0.05, 0) is 54.8 Å². The number of aromatic nitrogens is 4.